The van der Waals surface area contributed by atoms with Crippen molar-refractivity contribution in [2.75, 3.05) is 7.11 Å². The summed E-state index contributed by atoms with van der Waals surface area (Å²) in [5, 5.41) is 1.49. The van der Waals surface area contributed by atoms with Crippen molar-refractivity contribution in [3.8, 4) is 5.75 Å². The minimum absolute atomic E-state index is 0.150. The molecule has 0 radical (unpaired) electrons. The van der Waals surface area contributed by atoms with Crippen molar-refractivity contribution in [1.82, 2.24) is 0 Å². The van der Waals surface area contributed by atoms with Crippen molar-refractivity contribution in [2.45, 2.75) is 6.92 Å². The van der Waals surface area contributed by atoms with Crippen LogP contribution in [0.5, 0.6) is 5.75 Å². The first-order chi connectivity index (χ1) is 5.69. The molecule has 0 amide bonds. The third kappa shape index (κ3) is 1.42. The summed E-state index contributed by atoms with van der Waals surface area (Å²) in [6.07, 6.45) is 0. The molecule has 12 heavy (non-hydrogen) atoms. The molecule has 0 aliphatic rings. The predicted octanol–water partition coefficient (Wildman–Crippen LogP) is 0.621. The van der Waals surface area contributed by atoms with Gasteiger partial charge in [-0.25, -0.2) is 0 Å². The third-order valence-electron chi connectivity index (χ3n) is 1.52. The molecule has 0 bridgehead atoms. The van der Waals surface area contributed by atoms with E-state index in [1.807, 2.05) is 0 Å². The first kappa shape index (κ1) is 8.64. The molecule has 0 atom stereocenters. The minimum Gasteiger partial charge on any atom is -0.490 e. The van der Waals surface area contributed by atoms with Gasteiger partial charge in [0.1, 0.15) is 0 Å². The van der Waals surface area contributed by atoms with Crippen molar-refractivity contribution in [3.05, 3.63) is 28.4 Å². The minimum atomic E-state index is -0.596. The maximum absolute atomic E-state index is 13.0. The number of methoxy groups -OCH3 is 1. The summed E-state index contributed by atoms with van der Waals surface area (Å²) >= 11 is 0. The fourth-order valence-corrected chi connectivity index (χ4v) is 0.970. The number of nitroso groups, excluding NO2 is 1. The molecule has 3 nitrogen and oxygen atoms in total. The number of ether oxygens (including phenoxy) is 1. The van der Waals surface area contributed by atoms with Gasteiger partial charge in [0.25, 0.3) is 0 Å². The summed E-state index contributed by atoms with van der Waals surface area (Å²) in [5.74, 6) is -0.371. The Morgan fingerprint density at radius 1 is 1.50 bits per heavy atom. The highest BCUT2D eigenvalue weighted by Crippen LogP contribution is 2.23. The maximum Gasteiger partial charge on any atom is 0.330 e. The Balaban J connectivity index is 3.33. The van der Waals surface area contributed by atoms with Gasteiger partial charge in [-0.1, -0.05) is 0 Å². The monoisotopic (exact) mass is 170 g/mol. The van der Waals surface area contributed by atoms with Gasteiger partial charge in [-0.05, 0) is 24.6 Å². The number of halogens is 1. The van der Waals surface area contributed by atoms with Gasteiger partial charge in [-0.15, -0.1) is 0 Å². The number of rotatable bonds is 2. The van der Waals surface area contributed by atoms with Crippen molar-refractivity contribution in [1.29, 1.82) is 0 Å². The molecule has 0 spiro atoms. The predicted molar refractivity (Wildman–Crippen MR) is 41.7 cm³/mol. The second kappa shape index (κ2) is 3.30. The van der Waals surface area contributed by atoms with Gasteiger partial charge in [-0.2, -0.15) is 4.39 Å². The first-order valence-corrected chi connectivity index (χ1v) is 3.41. The van der Waals surface area contributed by atoms with Crippen molar-refractivity contribution < 1.29 is 14.3 Å². The number of nitrogens with one attached hydrogen (secondary N) is 1. The van der Waals surface area contributed by atoms with Crippen LogP contribution < -0.4 is 9.91 Å². The van der Waals surface area contributed by atoms with Gasteiger partial charge < -0.3 is 4.74 Å². The van der Waals surface area contributed by atoms with Crippen molar-refractivity contribution in [3.63, 3.8) is 0 Å². The van der Waals surface area contributed by atoms with E-state index in [0.717, 1.165) is 0 Å². The smallest absolute Gasteiger partial charge is 0.330 e. The molecule has 0 heterocycles. The van der Waals surface area contributed by atoms with Crippen molar-refractivity contribution in [2.24, 2.45) is 0 Å². The lowest BCUT2D eigenvalue weighted by Gasteiger charge is -1.99. The SMILES string of the molecule is COc1cc(C)cc(F)c1[NH+]=O. The lowest BCUT2D eigenvalue weighted by atomic mass is 10.2. The van der Waals surface area contributed by atoms with Crippen LogP contribution in [0.25, 0.3) is 0 Å². The molecule has 1 aromatic rings. The average Bonchev–Trinajstić information content (AvgIpc) is 2.03. The summed E-state index contributed by atoms with van der Waals surface area (Å²) in [6.45, 7) is 1.72. The zero-order valence-corrected chi connectivity index (χ0v) is 6.85. The number of benzene rings is 1. The van der Waals surface area contributed by atoms with Crippen LogP contribution in [0.1, 0.15) is 5.56 Å². The van der Waals surface area contributed by atoms with Crippen LogP contribution in [0, 0.1) is 17.6 Å². The third-order valence-corrected chi connectivity index (χ3v) is 1.52. The Morgan fingerprint density at radius 3 is 2.67 bits per heavy atom. The van der Waals surface area contributed by atoms with E-state index in [9.17, 15) is 9.30 Å². The number of hydrogen-bond acceptors (Lipinski definition) is 2. The van der Waals surface area contributed by atoms with Crippen LogP contribution >= 0.6 is 0 Å². The summed E-state index contributed by atoms with van der Waals surface area (Å²) in [5.41, 5.74) is 0.562. The fourth-order valence-electron chi connectivity index (χ4n) is 0.970. The van der Waals surface area contributed by atoms with Gasteiger partial charge in [0.15, 0.2) is 5.75 Å². The second-order valence-corrected chi connectivity index (χ2v) is 2.43. The molecule has 0 fully saturated rings. The molecule has 1 aromatic carbocycles. The lowest BCUT2D eigenvalue weighted by molar-refractivity contribution is -0.383. The fraction of sp³-hybridized carbons (Fsp3) is 0.250. The Labute approximate surface area is 69.1 Å². The van der Waals surface area contributed by atoms with E-state index in [2.05, 4.69) is 0 Å². The Hall–Kier alpha value is -1.45. The van der Waals surface area contributed by atoms with Gasteiger partial charge >= 0.3 is 5.69 Å². The molecular formula is C8H9FNO2+. The van der Waals surface area contributed by atoms with Gasteiger partial charge in [0.2, 0.25) is 5.82 Å². The van der Waals surface area contributed by atoms with Gasteiger partial charge in [0, 0.05) is 10.1 Å². The van der Waals surface area contributed by atoms with E-state index in [1.54, 1.807) is 13.0 Å². The molecule has 4 heteroatoms. The van der Waals surface area contributed by atoms with Crippen LogP contribution in [0.15, 0.2) is 12.1 Å². The summed E-state index contributed by atoms with van der Waals surface area (Å²) < 4.78 is 17.8. The standard InChI is InChI=1S/C8H8FNO2/c1-5-3-6(9)8(10-11)7(4-5)12-2/h3-4H,1-2H3/p+1. The summed E-state index contributed by atoms with van der Waals surface area (Å²) in [4.78, 5) is 10.3. The summed E-state index contributed by atoms with van der Waals surface area (Å²) in [7, 11) is 1.38. The van der Waals surface area contributed by atoms with E-state index < -0.39 is 5.82 Å². The van der Waals surface area contributed by atoms with Gasteiger partial charge in [0.05, 0.1) is 7.11 Å². The van der Waals surface area contributed by atoms with Crippen molar-refractivity contribution >= 4 is 5.69 Å². The zero-order valence-electron chi connectivity index (χ0n) is 6.85. The molecule has 1 N–H and O–H groups in total. The molecular weight excluding hydrogens is 161 g/mol. The van der Waals surface area contributed by atoms with Crippen LogP contribution in [-0.4, -0.2) is 7.11 Å². The maximum atomic E-state index is 13.0. The number of aryl methyl sites for hydroxylation is 1. The zero-order chi connectivity index (χ0) is 9.14. The molecule has 0 aliphatic heterocycles. The Morgan fingerprint density at radius 2 is 2.17 bits per heavy atom. The Bertz CT molecular complexity index is 312. The average molecular weight is 170 g/mol. The highest BCUT2D eigenvalue weighted by molar-refractivity contribution is 5.48. The van der Waals surface area contributed by atoms with Crippen LogP contribution in [-0.2, 0) is 0 Å². The highest BCUT2D eigenvalue weighted by atomic mass is 19.1. The molecule has 0 saturated heterocycles. The summed E-state index contributed by atoms with van der Waals surface area (Å²) in [6, 6.07) is 2.85. The molecule has 0 aromatic heterocycles. The van der Waals surface area contributed by atoms with E-state index in [4.69, 9.17) is 4.74 Å². The van der Waals surface area contributed by atoms with Gasteiger partial charge in [-0.3, -0.25) is 0 Å². The molecule has 1 rings (SSSR count). The van der Waals surface area contributed by atoms with E-state index in [-0.39, 0.29) is 11.4 Å². The van der Waals surface area contributed by atoms with E-state index in [1.165, 1.54) is 18.4 Å². The van der Waals surface area contributed by atoms with Crippen LogP contribution in [0.2, 0.25) is 0 Å². The topological polar surface area (TPSA) is 40.3 Å². The second-order valence-electron chi connectivity index (χ2n) is 2.43. The largest absolute Gasteiger partial charge is 0.490 e. The van der Waals surface area contributed by atoms with Crippen LogP contribution in [0.3, 0.4) is 0 Å². The molecule has 0 unspecified atom stereocenters. The molecule has 0 aliphatic carbocycles. The Kier molecular flexibility index (Phi) is 2.38. The first-order valence-electron chi connectivity index (χ1n) is 3.41. The quantitative estimate of drug-likeness (QED) is 0.706. The normalized spacial score (nSPS) is 9.58. The van der Waals surface area contributed by atoms with E-state index in [0.29, 0.717) is 5.56 Å². The number of hydrogen-bond donors (Lipinski definition) is 1. The van der Waals surface area contributed by atoms with E-state index >= 15 is 0 Å². The lowest BCUT2D eigenvalue weighted by Crippen LogP contribution is -2.56. The molecule has 64 valence electrons. The molecule has 0 saturated carbocycles. The van der Waals surface area contributed by atoms with Crippen LogP contribution in [0.4, 0.5) is 10.1 Å². The highest BCUT2D eigenvalue weighted by Gasteiger charge is 2.16.